The lowest BCUT2D eigenvalue weighted by Gasteiger charge is -2.06. The summed E-state index contributed by atoms with van der Waals surface area (Å²) in [6, 6.07) is 1.68. The van der Waals surface area contributed by atoms with Gasteiger partial charge in [-0.2, -0.15) is 0 Å². The third-order valence-electron chi connectivity index (χ3n) is 1.54. The van der Waals surface area contributed by atoms with Crippen molar-refractivity contribution in [1.29, 1.82) is 0 Å². The van der Waals surface area contributed by atoms with Crippen molar-refractivity contribution in [3.05, 3.63) is 26.4 Å². The van der Waals surface area contributed by atoms with Crippen LogP contribution in [0.1, 0.15) is 16.1 Å². The van der Waals surface area contributed by atoms with Gasteiger partial charge in [0, 0.05) is 5.33 Å². The molecular weight excluding hydrogens is 382 g/mol. The van der Waals surface area contributed by atoms with Crippen molar-refractivity contribution in [1.82, 2.24) is 4.98 Å². The molecule has 3 nitrogen and oxygen atoms in total. The standard InChI is InChI=1S/C8H6Br3NO2/c1-14-8(13)4-2-5(10)7(11)12-6(4)3-9/h2H,3H2,1H3. The van der Waals surface area contributed by atoms with Crippen LogP contribution in [-0.2, 0) is 10.1 Å². The van der Waals surface area contributed by atoms with Gasteiger partial charge in [-0.15, -0.1) is 0 Å². The van der Waals surface area contributed by atoms with Crippen LogP contribution in [0, 0.1) is 0 Å². The minimum atomic E-state index is -0.389. The quantitative estimate of drug-likeness (QED) is 0.444. The number of rotatable bonds is 2. The average Bonchev–Trinajstić information content (AvgIpc) is 2.20. The number of esters is 1. The molecule has 0 unspecified atom stereocenters. The fourth-order valence-corrected chi connectivity index (χ4v) is 1.96. The van der Waals surface area contributed by atoms with E-state index in [4.69, 9.17) is 0 Å². The molecule has 0 amide bonds. The van der Waals surface area contributed by atoms with E-state index in [2.05, 4.69) is 57.5 Å². The molecule has 0 bridgehead atoms. The number of carbonyl (C=O) groups excluding carboxylic acids is 1. The van der Waals surface area contributed by atoms with Crippen LogP contribution in [0.5, 0.6) is 0 Å². The first-order valence-electron chi connectivity index (χ1n) is 3.59. The molecule has 0 spiro atoms. The molecule has 0 N–H and O–H groups in total. The Morgan fingerprint density at radius 3 is 2.71 bits per heavy atom. The highest BCUT2D eigenvalue weighted by atomic mass is 79.9. The molecule has 0 atom stereocenters. The zero-order chi connectivity index (χ0) is 10.7. The van der Waals surface area contributed by atoms with Gasteiger partial charge in [0.25, 0.3) is 0 Å². The largest absolute Gasteiger partial charge is 0.465 e. The van der Waals surface area contributed by atoms with Crippen molar-refractivity contribution in [2.45, 2.75) is 5.33 Å². The highest BCUT2D eigenvalue weighted by Gasteiger charge is 2.14. The Morgan fingerprint density at radius 2 is 2.21 bits per heavy atom. The highest BCUT2D eigenvalue weighted by Crippen LogP contribution is 2.25. The fourth-order valence-electron chi connectivity index (χ4n) is 0.890. The maximum absolute atomic E-state index is 11.3. The van der Waals surface area contributed by atoms with Crippen LogP contribution >= 0.6 is 47.8 Å². The fraction of sp³-hybridized carbons (Fsp3) is 0.250. The van der Waals surface area contributed by atoms with Crippen LogP contribution in [-0.4, -0.2) is 18.1 Å². The normalized spacial score (nSPS) is 10.0. The number of halogens is 3. The van der Waals surface area contributed by atoms with Gasteiger partial charge in [0.1, 0.15) is 4.60 Å². The molecule has 1 aromatic heterocycles. The first-order valence-corrected chi connectivity index (χ1v) is 6.30. The summed E-state index contributed by atoms with van der Waals surface area (Å²) >= 11 is 9.79. The molecule has 76 valence electrons. The Hall–Kier alpha value is 0.0600. The molecule has 0 radical (unpaired) electrons. The zero-order valence-corrected chi connectivity index (χ0v) is 11.9. The monoisotopic (exact) mass is 385 g/mol. The minimum Gasteiger partial charge on any atom is -0.465 e. The first kappa shape index (κ1) is 12.1. The molecule has 0 aromatic carbocycles. The van der Waals surface area contributed by atoms with E-state index in [9.17, 15) is 4.79 Å². The van der Waals surface area contributed by atoms with E-state index in [-0.39, 0.29) is 5.97 Å². The summed E-state index contributed by atoms with van der Waals surface area (Å²) in [6.45, 7) is 0. The summed E-state index contributed by atoms with van der Waals surface area (Å²) in [4.78, 5) is 15.5. The predicted molar refractivity (Wildman–Crippen MR) is 63.6 cm³/mol. The van der Waals surface area contributed by atoms with Gasteiger partial charge in [-0.3, -0.25) is 0 Å². The second-order valence-corrected chi connectivity index (χ2v) is 4.55. The summed E-state index contributed by atoms with van der Waals surface area (Å²) in [5, 5.41) is 0.503. The number of alkyl halides is 1. The third-order valence-corrected chi connectivity index (χ3v) is 3.82. The van der Waals surface area contributed by atoms with Gasteiger partial charge in [-0.25, -0.2) is 9.78 Å². The Balaban J connectivity index is 3.27. The van der Waals surface area contributed by atoms with Gasteiger partial charge in [0.2, 0.25) is 0 Å². The number of aromatic nitrogens is 1. The number of hydrogen-bond acceptors (Lipinski definition) is 3. The van der Waals surface area contributed by atoms with Crippen molar-refractivity contribution < 1.29 is 9.53 Å². The van der Waals surface area contributed by atoms with Gasteiger partial charge in [0.15, 0.2) is 0 Å². The predicted octanol–water partition coefficient (Wildman–Crippen LogP) is 3.29. The number of ether oxygens (including phenoxy) is 1. The molecule has 1 rings (SSSR count). The van der Waals surface area contributed by atoms with E-state index < -0.39 is 0 Å². The molecule has 0 saturated carbocycles. The maximum atomic E-state index is 11.3. The van der Waals surface area contributed by atoms with Crippen molar-refractivity contribution in [2.75, 3.05) is 7.11 Å². The van der Waals surface area contributed by atoms with Crippen LogP contribution in [0.2, 0.25) is 0 Å². The van der Waals surface area contributed by atoms with E-state index in [1.165, 1.54) is 7.11 Å². The van der Waals surface area contributed by atoms with Crippen molar-refractivity contribution in [3.8, 4) is 0 Å². The van der Waals surface area contributed by atoms with E-state index >= 15 is 0 Å². The number of nitrogens with zero attached hydrogens (tertiary/aromatic N) is 1. The van der Waals surface area contributed by atoms with Gasteiger partial charge < -0.3 is 4.74 Å². The van der Waals surface area contributed by atoms with Gasteiger partial charge in [0.05, 0.1) is 22.8 Å². The van der Waals surface area contributed by atoms with Gasteiger partial charge in [-0.1, -0.05) is 15.9 Å². The molecule has 1 aromatic rings. The Bertz CT molecular complexity index is 368. The van der Waals surface area contributed by atoms with E-state index in [1.807, 2.05) is 0 Å². The highest BCUT2D eigenvalue weighted by molar-refractivity contribution is 9.13. The maximum Gasteiger partial charge on any atom is 0.339 e. The SMILES string of the molecule is COC(=O)c1cc(Br)c(Br)nc1CBr. The van der Waals surface area contributed by atoms with Crippen LogP contribution < -0.4 is 0 Å². The molecule has 0 fully saturated rings. The molecule has 0 aliphatic carbocycles. The zero-order valence-electron chi connectivity index (χ0n) is 7.18. The molecule has 6 heteroatoms. The van der Waals surface area contributed by atoms with E-state index in [0.29, 0.717) is 21.2 Å². The average molecular weight is 388 g/mol. The summed E-state index contributed by atoms with van der Waals surface area (Å²) in [6.07, 6.45) is 0. The summed E-state index contributed by atoms with van der Waals surface area (Å²) in [7, 11) is 1.34. The topological polar surface area (TPSA) is 39.2 Å². The summed E-state index contributed by atoms with van der Waals surface area (Å²) < 4.78 is 6.03. The molecule has 1 heterocycles. The number of methoxy groups -OCH3 is 1. The molecule has 0 aliphatic heterocycles. The molecule has 0 saturated heterocycles. The van der Waals surface area contributed by atoms with Crippen molar-refractivity contribution in [2.24, 2.45) is 0 Å². The Labute approximate surface area is 107 Å². The molecule has 14 heavy (non-hydrogen) atoms. The lowest BCUT2D eigenvalue weighted by molar-refractivity contribution is 0.0599. The van der Waals surface area contributed by atoms with Crippen molar-refractivity contribution in [3.63, 3.8) is 0 Å². The number of hydrogen-bond donors (Lipinski definition) is 0. The van der Waals surface area contributed by atoms with Crippen LogP contribution in [0.15, 0.2) is 15.1 Å². The third kappa shape index (κ3) is 2.55. The lowest BCUT2D eigenvalue weighted by Crippen LogP contribution is -2.07. The van der Waals surface area contributed by atoms with Crippen LogP contribution in [0.4, 0.5) is 0 Å². The smallest absolute Gasteiger partial charge is 0.339 e. The minimum absolute atomic E-state index is 0.389. The second kappa shape index (κ2) is 5.23. The summed E-state index contributed by atoms with van der Waals surface area (Å²) in [5.41, 5.74) is 1.10. The van der Waals surface area contributed by atoms with Crippen molar-refractivity contribution >= 4 is 53.8 Å². The second-order valence-electron chi connectivity index (χ2n) is 2.38. The van der Waals surface area contributed by atoms with Crippen LogP contribution in [0.3, 0.4) is 0 Å². The summed E-state index contributed by atoms with van der Waals surface area (Å²) in [5.74, 6) is -0.389. The Morgan fingerprint density at radius 1 is 1.57 bits per heavy atom. The Kier molecular flexibility index (Phi) is 4.53. The van der Waals surface area contributed by atoms with Gasteiger partial charge >= 0.3 is 5.97 Å². The van der Waals surface area contributed by atoms with Gasteiger partial charge in [-0.05, 0) is 37.9 Å². The lowest BCUT2D eigenvalue weighted by atomic mass is 10.2. The van der Waals surface area contributed by atoms with E-state index in [1.54, 1.807) is 6.07 Å². The molecule has 0 aliphatic rings. The molecular formula is C8H6Br3NO2. The number of pyridine rings is 1. The van der Waals surface area contributed by atoms with E-state index in [0.717, 1.165) is 4.47 Å². The number of carbonyl (C=O) groups is 1. The van der Waals surface area contributed by atoms with Crippen LogP contribution in [0.25, 0.3) is 0 Å². The first-order chi connectivity index (χ1) is 6.60.